The summed E-state index contributed by atoms with van der Waals surface area (Å²) >= 11 is 0. The number of ether oxygens (including phenoxy) is 1. The summed E-state index contributed by atoms with van der Waals surface area (Å²) in [5.74, 6) is -0.102. The highest BCUT2D eigenvalue weighted by Crippen LogP contribution is 2.32. The average Bonchev–Trinajstić information content (AvgIpc) is 2.92. The summed E-state index contributed by atoms with van der Waals surface area (Å²) in [5, 5.41) is 13.3. The van der Waals surface area contributed by atoms with Gasteiger partial charge in [-0.1, -0.05) is 25.0 Å². The fraction of sp³-hybridized carbons (Fsp3) is 0.650. The lowest BCUT2D eigenvalue weighted by molar-refractivity contribution is -0.120. The molecule has 5 heteroatoms. The molecule has 1 aromatic rings. The highest BCUT2D eigenvalue weighted by molar-refractivity contribution is 5.91. The minimum Gasteiger partial charge on any atom is -0.389 e. The number of hydrogen-bond acceptors (Lipinski definition) is 4. The van der Waals surface area contributed by atoms with E-state index in [1.54, 1.807) is 0 Å². The van der Waals surface area contributed by atoms with Gasteiger partial charge in [0.05, 0.1) is 24.2 Å². The monoisotopic (exact) mass is 346 g/mol. The summed E-state index contributed by atoms with van der Waals surface area (Å²) in [6.45, 7) is 6.91. The second kappa shape index (κ2) is 7.85. The molecular weight excluding hydrogens is 316 g/mol. The van der Waals surface area contributed by atoms with E-state index in [-0.39, 0.29) is 24.5 Å². The van der Waals surface area contributed by atoms with E-state index in [1.165, 1.54) is 5.56 Å². The molecule has 25 heavy (non-hydrogen) atoms. The van der Waals surface area contributed by atoms with E-state index >= 15 is 0 Å². The normalized spacial score (nSPS) is 26.5. The highest BCUT2D eigenvalue weighted by Gasteiger charge is 2.33. The molecular formula is C20H30N2O3. The zero-order chi connectivity index (χ0) is 17.9. The Kier molecular flexibility index (Phi) is 5.77. The Morgan fingerprint density at radius 1 is 1.28 bits per heavy atom. The second-order valence-corrected chi connectivity index (χ2v) is 7.81. The maximum Gasteiger partial charge on any atom is 0.227 e. The van der Waals surface area contributed by atoms with Crippen molar-refractivity contribution in [3.05, 3.63) is 29.8 Å². The van der Waals surface area contributed by atoms with Crippen LogP contribution in [0.25, 0.3) is 0 Å². The fourth-order valence-electron chi connectivity index (χ4n) is 4.13. The summed E-state index contributed by atoms with van der Waals surface area (Å²) in [5.41, 5.74) is 1.18. The summed E-state index contributed by atoms with van der Waals surface area (Å²) in [7, 11) is 0. The predicted octanol–water partition coefficient (Wildman–Crippen LogP) is 2.93. The van der Waals surface area contributed by atoms with Gasteiger partial charge < -0.3 is 15.2 Å². The maximum atomic E-state index is 12.3. The molecule has 1 saturated carbocycles. The number of morpholine rings is 1. The van der Waals surface area contributed by atoms with Crippen LogP contribution in [-0.4, -0.2) is 46.8 Å². The van der Waals surface area contributed by atoms with Gasteiger partial charge in [-0.15, -0.1) is 0 Å². The van der Waals surface area contributed by atoms with Gasteiger partial charge in [0.25, 0.3) is 0 Å². The van der Waals surface area contributed by atoms with Crippen molar-refractivity contribution in [3.8, 4) is 0 Å². The number of carbonyl (C=O) groups excluding carboxylic acids is 1. The van der Waals surface area contributed by atoms with Crippen molar-refractivity contribution >= 4 is 11.6 Å². The third-order valence-electron chi connectivity index (χ3n) is 5.14. The van der Waals surface area contributed by atoms with Gasteiger partial charge in [0, 0.05) is 25.3 Å². The Bertz CT molecular complexity index is 588. The topological polar surface area (TPSA) is 61.8 Å². The first-order chi connectivity index (χ1) is 11.9. The number of anilines is 1. The Balaban J connectivity index is 1.56. The molecule has 2 aliphatic rings. The molecule has 1 amide bonds. The molecule has 0 bridgehead atoms. The van der Waals surface area contributed by atoms with Crippen LogP contribution in [0.4, 0.5) is 5.69 Å². The van der Waals surface area contributed by atoms with E-state index in [4.69, 9.17) is 4.74 Å². The lowest BCUT2D eigenvalue weighted by Gasteiger charge is -2.35. The molecule has 1 saturated heterocycles. The van der Waals surface area contributed by atoms with Gasteiger partial charge >= 0.3 is 0 Å². The number of benzene rings is 1. The second-order valence-electron chi connectivity index (χ2n) is 7.81. The van der Waals surface area contributed by atoms with E-state index in [9.17, 15) is 9.90 Å². The number of aliphatic hydroxyl groups is 1. The van der Waals surface area contributed by atoms with Crippen molar-refractivity contribution in [2.45, 2.75) is 70.3 Å². The number of carbonyl (C=O) groups is 1. The third kappa shape index (κ3) is 5.27. The van der Waals surface area contributed by atoms with Crippen LogP contribution in [0.15, 0.2) is 24.3 Å². The van der Waals surface area contributed by atoms with E-state index < -0.39 is 5.60 Å². The largest absolute Gasteiger partial charge is 0.389 e. The molecule has 5 nitrogen and oxygen atoms in total. The van der Waals surface area contributed by atoms with Gasteiger partial charge in [-0.25, -0.2) is 0 Å². The van der Waals surface area contributed by atoms with Crippen molar-refractivity contribution < 1.29 is 14.6 Å². The van der Waals surface area contributed by atoms with Crippen molar-refractivity contribution in [1.82, 2.24) is 4.90 Å². The first-order valence-corrected chi connectivity index (χ1v) is 9.41. The zero-order valence-corrected chi connectivity index (χ0v) is 15.3. The van der Waals surface area contributed by atoms with E-state index in [0.717, 1.165) is 51.0 Å². The molecule has 1 aliphatic heterocycles. The molecule has 2 unspecified atom stereocenters. The molecule has 2 fully saturated rings. The number of rotatable bonds is 5. The standard InChI is InChI=1S/C20H30N2O3/c1-15-12-22(13-16(2)25-15)14-17-6-5-7-18(10-17)21-19(23)11-20(24)8-3-4-9-20/h5-7,10,15-16,24H,3-4,8-9,11-14H2,1-2H3,(H,21,23). The molecule has 0 radical (unpaired) electrons. The Morgan fingerprint density at radius 3 is 2.64 bits per heavy atom. The molecule has 138 valence electrons. The Hall–Kier alpha value is -1.43. The number of hydrogen-bond donors (Lipinski definition) is 2. The molecule has 0 spiro atoms. The van der Waals surface area contributed by atoms with Crippen LogP contribution in [0.1, 0.15) is 51.5 Å². The number of nitrogens with one attached hydrogen (secondary N) is 1. The van der Waals surface area contributed by atoms with Gasteiger partial charge in [0.1, 0.15) is 0 Å². The molecule has 3 rings (SSSR count). The van der Waals surface area contributed by atoms with Gasteiger partial charge in [-0.3, -0.25) is 9.69 Å². The first-order valence-electron chi connectivity index (χ1n) is 9.41. The van der Waals surface area contributed by atoms with Crippen LogP contribution in [0.5, 0.6) is 0 Å². The highest BCUT2D eigenvalue weighted by atomic mass is 16.5. The van der Waals surface area contributed by atoms with Crippen molar-refractivity contribution in [2.75, 3.05) is 18.4 Å². The third-order valence-corrected chi connectivity index (χ3v) is 5.14. The minimum atomic E-state index is -0.804. The quantitative estimate of drug-likeness (QED) is 0.860. The number of nitrogens with zero attached hydrogens (tertiary/aromatic N) is 1. The zero-order valence-electron chi connectivity index (χ0n) is 15.3. The van der Waals surface area contributed by atoms with Crippen LogP contribution >= 0.6 is 0 Å². The van der Waals surface area contributed by atoms with E-state index in [0.29, 0.717) is 0 Å². The van der Waals surface area contributed by atoms with Crippen LogP contribution < -0.4 is 5.32 Å². The van der Waals surface area contributed by atoms with Gasteiger partial charge in [-0.2, -0.15) is 0 Å². The Morgan fingerprint density at radius 2 is 1.96 bits per heavy atom. The predicted molar refractivity (Wildman–Crippen MR) is 98.4 cm³/mol. The summed E-state index contributed by atoms with van der Waals surface area (Å²) in [6.07, 6.45) is 4.17. The van der Waals surface area contributed by atoms with Crippen molar-refractivity contribution in [2.24, 2.45) is 0 Å². The van der Waals surface area contributed by atoms with Gasteiger partial charge in [0.2, 0.25) is 5.91 Å². The van der Waals surface area contributed by atoms with Gasteiger partial charge in [-0.05, 0) is 44.4 Å². The van der Waals surface area contributed by atoms with Crippen molar-refractivity contribution in [1.29, 1.82) is 0 Å². The summed E-state index contributed by atoms with van der Waals surface area (Å²) < 4.78 is 5.78. The summed E-state index contributed by atoms with van der Waals surface area (Å²) in [6, 6.07) is 8.00. The number of amides is 1. The molecule has 1 aliphatic carbocycles. The van der Waals surface area contributed by atoms with Crippen LogP contribution in [0, 0.1) is 0 Å². The van der Waals surface area contributed by atoms with Crippen LogP contribution in [-0.2, 0) is 16.1 Å². The van der Waals surface area contributed by atoms with E-state index in [1.807, 2.05) is 18.2 Å². The van der Waals surface area contributed by atoms with E-state index in [2.05, 4.69) is 30.1 Å². The molecule has 1 heterocycles. The average molecular weight is 346 g/mol. The van der Waals surface area contributed by atoms with Crippen molar-refractivity contribution in [3.63, 3.8) is 0 Å². The fourth-order valence-corrected chi connectivity index (χ4v) is 4.13. The molecule has 2 N–H and O–H groups in total. The first kappa shape index (κ1) is 18.4. The smallest absolute Gasteiger partial charge is 0.227 e. The van der Waals surface area contributed by atoms with Gasteiger partial charge in [0.15, 0.2) is 0 Å². The molecule has 2 atom stereocenters. The minimum absolute atomic E-state index is 0.102. The SMILES string of the molecule is CC1CN(Cc2cccc(NC(=O)CC3(O)CCCC3)c2)CC(C)O1. The Labute approximate surface area is 150 Å². The lowest BCUT2D eigenvalue weighted by atomic mass is 9.97. The van der Waals surface area contributed by atoms with Crippen LogP contribution in [0.3, 0.4) is 0 Å². The molecule has 1 aromatic carbocycles. The maximum absolute atomic E-state index is 12.3. The summed E-state index contributed by atoms with van der Waals surface area (Å²) in [4.78, 5) is 14.7. The lowest BCUT2D eigenvalue weighted by Crippen LogP contribution is -2.44. The molecule has 0 aromatic heterocycles. The van der Waals surface area contributed by atoms with Crippen LogP contribution in [0.2, 0.25) is 0 Å².